The van der Waals surface area contributed by atoms with Crippen LogP contribution in [0.25, 0.3) is 0 Å². The summed E-state index contributed by atoms with van der Waals surface area (Å²) in [7, 11) is 4.53. The van der Waals surface area contributed by atoms with Gasteiger partial charge < -0.3 is 43.9 Å². The van der Waals surface area contributed by atoms with Crippen LogP contribution in [0.15, 0.2) is 47.6 Å². The van der Waals surface area contributed by atoms with Crippen molar-refractivity contribution in [2.45, 2.75) is 180 Å². The zero-order valence-electron chi connectivity index (χ0n) is 40.6. The molecule has 14 heteroatoms. The molecule has 1 saturated carbocycles. The van der Waals surface area contributed by atoms with Crippen LogP contribution in [-0.2, 0) is 47.7 Å². The van der Waals surface area contributed by atoms with Crippen LogP contribution in [0, 0.1) is 35.5 Å². The Kier molecular flexibility index (Phi) is 21.0. The van der Waals surface area contributed by atoms with Gasteiger partial charge in [-0.1, -0.05) is 71.1 Å². The number of aliphatic hydroxyl groups is 3. The molecule has 3 aliphatic heterocycles. The lowest BCUT2D eigenvalue weighted by molar-refractivity contribution is -0.265. The van der Waals surface area contributed by atoms with Crippen molar-refractivity contribution in [1.82, 2.24) is 4.90 Å². The van der Waals surface area contributed by atoms with Crippen LogP contribution in [0.3, 0.4) is 0 Å². The first-order valence-corrected chi connectivity index (χ1v) is 23.9. The first-order chi connectivity index (χ1) is 30.7. The van der Waals surface area contributed by atoms with Crippen molar-refractivity contribution in [3.8, 4) is 0 Å². The Balaban J connectivity index is 1.70. The van der Waals surface area contributed by atoms with Gasteiger partial charge in [-0.15, -0.1) is 0 Å². The number of carbonyl (C=O) groups is 5. The molecule has 0 radical (unpaired) electrons. The van der Waals surface area contributed by atoms with Crippen molar-refractivity contribution in [2.75, 3.05) is 27.9 Å². The molecular formula is C51H79NO13. The number of ether oxygens (including phenoxy) is 5. The highest BCUT2D eigenvalue weighted by atomic mass is 16.6. The van der Waals surface area contributed by atoms with Crippen molar-refractivity contribution >= 4 is 29.2 Å². The van der Waals surface area contributed by atoms with Crippen LogP contribution in [0.1, 0.15) is 126 Å². The van der Waals surface area contributed by atoms with Crippen molar-refractivity contribution in [3.63, 3.8) is 0 Å². The van der Waals surface area contributed by atoms with Gasteiger partial charge in [0.1, 0.15) is 18.2 Å². The van der Waals surface area contributed by atoms with Crippen LogP contribution in [0.5, 0.6) is 0 Å². The number of aliphatic hydroxyl groups excluding tert-OH is 2. The van der Waals surface area contributed by atoms with Gasteiger partial charge in [0.2, 0.25) is 5.79 Å². The Morgan fingerprint density at radius 1 is 0.862 bits per heavy atom. The number of hydrogen-bond acceptors (Lipinski definition) is 13. The van der Waals surface area contributed by atoms with Gasteiger partial charge in [0, 0.05) is 58.5 Å². The number of nitrogens with zero attached hydrogens (tertiary/aromatic N) is 1. The van der Waals surface area contributed by atoms with Gasteiger partial charge in [-0.05, 0) is 107 Å². The summed E-state index contributed by atoms with van der Waals surface area (Å²) in [6, 6.07) is -1.14. The number of Topliss-reactive ketones (excluding diaryl/α,β-unsaturated/α-hetero) is 3. The molecule has 3 heterocycles. The maximum absolute atomic E-state index is 14.4. The molecule has 14 nitrogen and oxygen atoms in total. The lowest BCUT2D eigenvalue weighted by atomic mass is 9.78. The van der Waals surface area contributed by atoms with Crippen LogP contribution >= 0.6 is 0 Å². The number of piperidine rings is 1. The Labute approximate surface area is 387 Å². The summed E-state index contributed by atoms with van der Waals surface area (Å²) < 4.78 is 29.4. The molecule has 2 saturated heterocycles. The SMILES string of the molecule is CO[C@H]1CC2CC[C@@H](C)[C@@](O)(O2)C(=O)C(=O)N2CCCC[C@H]2C(=O)O[C@H]([C@H](C)CC2CC[C@@H](O)[C@H](OC)C2)CC(=O)C(C)=CC(C)[C@@H](O)[C@@H](OC)C(=O)[C@H](C)C[C@H](C)C=CC=CC=C1C. The number of cyclic esters (lactones) is 1. The van der Waals surface area contributed by atoms with Crippen LogP contribution in [0.2, 0.25) is 0 Å². The normalized spacial score (nSPS) is 37.8. The summed E-state index contributed by atoms with van der Waals surface area (Å²) in [6.45, 7) is 12.7. The molecule has 1 amide bonds. The molecule has 2 bridgehead atoms. The Hall–Kier alpha value is -3.37. The third-order valence-electron chi connectivity index (χ3n) is 14.5. The smallest absolute Gasteiger partial charge is 0.329 e. The first-order valence-electron chi connectivity index (χ1n) is 23.9. The van der Waals surface area contributed by atoms with E-state index in [4.69, 9.17) is 23.7 Å². The van der Waals surface area contributed by atoms with Gasteiger partial charge in [-0.3, -0.25) is 19.2 Å². The maximum atomic E-state index is 14.4. The number of esters is 1. The predicted octanol–water partition coefficient (Wildman–Crippen LogP) is 6.18. The zero-order valence-corrected chi connectivity index (χ0v) is 40.6. The molecule has 0 aromatic rings. The highest BCUT2D eigenvalue weighted by Gasteiger charge is 2.53. The molecule has 65 heavy (non-hydrogen) atoms. The molecule has 3 fully saturated rings. The summed E-state index contributed by atoms with van der Waals surface area (Å²) >= 11 is 0. The minimum atomic E-state index is -2.43. The molecule has 366 valence electrons. The molecule has 0 aromatic heterocycles. The second-order valence-corrected chi connectivity index (χ2v) is 19.6. The second-order valence-electron chi connectivity index (χ2n) is 19.6. The molecule has 15 atom stereocenters. The zero-order chi connectivity index (χ0) is 48.2. The van der Waals surface area contributed by atoms with E-state index in [1.165, 1.54) is 12.0 Å². The third-order valence-corrected chi connectivity index (χ3v) is 14.5. The summed E-state index contributed by atoms with van der Waals surface area (Å²) in [4.78, 5) is 71.7. The fourth-order valence-electron chi connectivity index (χ4n) is 10.1. The molecule has 3 N–H and O–H groups in total. The van der Waals surface area contributed by atoms with E-state index in [1.54, 1.807) is 41.1 Å². The fraction of sp³-hybridized carbons (Fsp3) is 0.745. The summed E-state index contributed by atoms with van der Waals surface area (Å²) in [6.07, 6.45) is 11.2. The van der Waals surface area contributed by atoms with E-state index in [-0.39, 0.29) is 54.8 Å². The largest absolute Gasteiger partial charge is 0.460 e. The minimum absolute atomic E-state index is 0.0220. The Morgan fingerprint density at radius 2 is 1.58 bits per heavy atom. The summed E-state index contributed by atoms with van der Waals surface area (Å²) in [5, 5.41) is 33.9. The van der Waals surface area contributed by atoms with Gasteiger partial charge in [-0.25, -0.2) is 4.79 Å². The number of fused-ring (bicyclic) bond motifs is 3. The van der Waals surface area contributed by atoms with Crippen LogP contribution in [0.4, 0.5) is 0 Å². The van der Waals surface area contributed by atoms with E-state index in [2.05, 4.69) is 0 Å². The molecular weight excluding hydrogens is 835 g/mol. The number of amides is 1. The summed E-state index contributed by atoms with van der Waals surface area (Å²) in [5.41, 5.74) is 1.19. The van der Waals surface area contributed by atoms with E-state index < -0.39 is 83.9 Å². The number of methoxy groups -OCH3 is 3. The average molecular weight is 914 g/mol. The van der Waals surface area contributed by atoms with Gasteiger partial charge in [0.05, 0.1) is 30.5 Å². The van der Waals surface area contributed by atoms with Gasteiger partial charge in [0.25, 0.3) is 11.7 Å². The maximum Gasteiger partial charge on any atom is 0.329 e. The van der Waals surface area contributed by atoms with E-state index in [1.807, 2.05) is 58.1 Å². The predicted molar refractivity (Wildman–Crippen MR) is 245 cm³/mol. The molecule has 0 spiro atoms. The molecule has 0 aromatic carbocycles. The first kappa shape index (κ1) is 54.2. The number of rotatable bonds is 6. The van der Waals surface area contributed by atoms with Crippen LogP contribution in [-0.4, -0.2) is 132 Å². The van der Waals surface area contributed by atoms with Crippen molar-refractivity contribution in [2.24, 2.45) is 35.5 Å². The standard InChI is InChI=1S/C51H79NO13/c1-30-16-12-11-13-17-31(2)42(61-8)28-38-21-19-36(7)51(60,65-38)48(57)49(58)52-23-15-14-18-39(52)50(59)64-43(33(4)26-37-20-22-40(53)44(27-37)62-9)29-41(54)32(3)25-35(6)46(56)47(63-10)45(55)34(5)24-30/h11-13,16-17,25,30,33-40,42-44,46-47,53,56,60H,14-15,18-24,26-29H2,1-10H3/t30-,33-,34-,35?,36-,37?,38?,39+,40-,42+,43+,44-,46-,47+,51-/m1/s1. The monoisotopic (exact) mass is 914 g/mol. The molecule has 3 unspecified atom stereocenters. The third kappa shape index (κ3) is 14.3. The van der Waals surface area contributed by atoms with Gasteiger partial charge in [-0.2, -0.15) is 0 Å². The highest BCUT2D eigenvalue weighted by Crippen LogP contribution is 2.38. The van der Waals surface area contributed by atoms with Gasteiger partial charge >= 0.3 is 5.97 Å². The van der Waals surface area contributed by atoms with E-state index >= 15 is 0 Å². The number of hydrogen-bond donors (Lipinski definition) is 3. The topological polar surface area (TPSA) is 195 Å². The van der Waals surface area contributed by atoms with Crippen molar-refractivity contribution < 1.29 is 63.0 Å². The Morgan fingerprint density at radius 3 is 2.26 bits per heavy atom. The number of carbonyl (C=O) groups excluding carboxylic acids is 5. The van der Waals surface area contributed by atoms with Crippen molar-refractivity contribution in [3.05, 3.63) is 47.6 Å². The highest BCUT2D eigenvalue weighted by molar-refractivity contribution is 6.39. The molecule has 4 rings (SSSR count). The fourth-order valence-corrected chi connectivity index (χ4v) is 10.1. The van der Waals surface area contributed by atoms with E-state index in [0.717, 1.165) is 12.0 Å². The lowest BCUT2D eigenvalue weighted by Crippen LogP contribution is -2.61. The summed E-state index contributed by atoms with van der Waals surface area (Å²) in [5.74, 6) is -7.93. The van der Waals surface area contributed by atoms with Crippen LogP contribution < -0.4 is 0 Å². The lowest BCUT2D eigenvalue weighted by Gasteiger charge is -2.42. The number of allylic oxidation sites excluding steroid dienone is 6. The second kappa shape index (κ2) is 25.1. The average Bonchev–Trinajstić information content (AvgIpc) is 3.28. The van der Waals surface area contributed by atoms with E-state index in [0.29, 0.717) is 63.4 Å². The number of ketones is 3. The van der Waals surface area contributed by atoms with Crippen molar-refractivity contribution in [1.29, 1.82) is 0 Å². The van der Waals surface area contributed by atoms with E-state index in [9.17, 15) is 39.3 Å². The quantitative estimate of drug-likeness (QED) is 0.202. The Bertz CT molecular complexity index is 1760. The molecule has 4 aliphatic rings. The molecule has 1 aliphatic carbocycles. The van der Waals surface area contributed by atoms with Gasteiger partial charge in [0.15, 0.2) is 11.6 Å². The minimum Gasteiger partial charge on any atom is -0.460 e.